The van der Waals surface area contributed by atoms with Gasteiger partial charge in [-0.15, -0.1) is 0 Å². The van der Waals surface area contributed by atoms with Crippen molar-refractivity contribution in [3.8, 4) is 5.75 Å². The number of ether oxygens (including phenoxy) is 1. The highest BCUT2D eigenvalue weighted by Crippen LogP contribution is 2.22. The van der Waals surface area contributed by atoms with Crippen molar-refractivity contribution in [2.75, 3.05) is 0 Å². The molecule has 0 aliphatic rings. The third-order valence-electron chi connectivity index (χ3n) is 3.34. The van der Waals surface area contributed by atoms with Crippen molar-refractivity contribution in [3.63, 3.8) is 0 Å². The van der Waals surface area contributed by atoms with E-state index in [-0.39, 0.29) is 0 Å². The van der Waals surface area contributed by atoms with Gasteiger partial charge in [-0.3, -0.25) is 0 Å². The summed E-state index contributed by atoms with van der Waals surface area (Å²) >= 11 is 6.03. The van der Waals surface area contributed by atoms with E-state index in [2.05, 4.69) is 37.4 Å². The summed E-state index contributed by atoms with van der Waals surface area (Å²) in [6.07, 6.45) is 0. The van der Waals surface area contributed by atoms with Gasteiger partial charge in [0, 0.05) is 17.6 Å². The fourth-order valence-corrected chi connectivity index (χ4v) is 2.17. The maximum Gasteiger partial charge on any atom is 0.120 e. The van der Waals surface area contributed by atoms with Crippen molar-refractivity contribution in [1.82, 2.24) is 5.32 Å². The molecule has 2 nitrogen and oxygen atoms in total. The second-order valence-electron chi connectivity index (χ2n) is 5.50. The van der Waals surface area contributed by atoms with Crippen molar-refractivity contribution in [2.24, 2.45) is 0 Å². The van der Waals surface area contributed by atoms with E-state index < -0.39 is 0 Å². The summed E-state index contributed by atoms with van der Waals surface area (Å²) in [7, 11) is 0. The highest BCUT2D eigenvalue weighted by Gasteiger charge is 2.04. The number of benzene rings is 2. The van der Waals surface area contributed by atoms with Crippen molar-refractivity contribution in [3.05, 3.63) is 64.2 Å². The van der Waals surface area contributed by atoms with Crippen LogP contribution < -0.4 is 10.1 Å². The number of nitrogens with one attached hydrogen (secondary N) is 1. The summed E-state index contributed by atoms with van der Waals surface area (Å²) in [6.45, 7) is 7.70. The van der Waals surface area contributed by atoms with Gasteiger partial charge in [-0.2, -0.15) is 0 Å². The van der Waals surface area contributed by atoms with E-state index in [1.54, 1.807) is 0 Å². The molecule has 21 heavy (non-hydrogen) atoms. The van der Waals surface area contributed by atoms with E-state index in [1.807, 2.05) is 31.2 Å². The lowest BCUT2D eigenvalue weighted by Crippen LogP contribution is -2.22. The molecule has 0 unspecified atom stereocenters. The summed E-state index contributed by atoms with van der Waals surface area (Å²) < 4.78 is 5.89. The quantitative estimate of drug-likeness (QED) is 0.833. The van der Waals surface area contributed by atoms with E-state index in [4.69, 9.17) is 16.3 Å². The molecular formula is C18H22ClNO. The molecule has 0 saturated heterocycles. The molecule has 0 aliphatic carbocycles. The number of hydrogen-bond acceptors (Lipinski definition) is 2. The summed E-state index contributed by atoms with van der Waals surface area (Å²) in [5, 5.41) is 4.21. The van der Waals surface area contributed by atoms with Gasteiger partial charge in [0.2, 0.25) is 0 Å². The Morgan fingerprint density at radius 2 is 1.81 bits per heavy atom. The normalized spacial score (nSPS) is 10.9. The van der Waals surface area contributed by atoms with Crippen molar-refractivity contribution >= 4 is 11.6 Å². The third-order valence-corrected chi connectivity index (χ3v) is 3.77. The molecule has 0 atom stereocenters. The van der Waals surface area contributed by atoms with Crippen molar-refractivity contribution in [1.29, 1.82) is 0 Å². The first-order valence-corrected chi connectivity index (χ1v) is 7.63. The SMILES string of the molecule is Cc1cc(OCc2ccccc2CNC(C)C)ccc1Cl. The van der Waals surface area contributed by atoms with Crippen LogP contribution in [0, 0.1) is 6.92 Å². The maximum absolute atomic E-state index is 6.03. The Balaban J connectivity index is 2.03. The molecule has 1 N–H and O–H groups in total. The molecule has 3 heteroatoms. The largest absolute Gasteiger partial charge is 0.489 e. The third kappa shape index (κ3) is 4.76. The molecule has 0 amide bonds. The van der Waals surface area contributed by atoms with Crippen LogP contribution in [-0.4, -0.2) is 6.04 Å². The fraction of sp³-hybridized carbons (Fsp3) is 0.333. The first-order valence-electron chi connectivity index (χ1n) is 7.25. The topological polar surface area (TPSA) is 21.3 Å². The molecule has 0 bridgehead atoms. The summed E-state index contributed by atoms with van der Waals surface area (Å²) in [6, 6.07) is 14.6. The van der Waals surface area contributed by atoms with E-state index >= 15 is 0 Å². The van der Waals surface area contributed by atoms with Crippen LogP contribution in [0.15, 0.2) is 42.5 Å². The maximum atomic E-state index is 6.03. The molecule has 0 fully saturated rings. The smallest absolute Gasteiger partial charge is 0.120 e. The average Bonchev–Trinajstić information content (AvgIpc) is 2.47. The van der Waals surface area contributed by atoms with Crippen LogP contribution in [0.2, 0.25) is 5.02 Å². The lowest BCUT2D eigenvalue weighted by atomic mass is 10.1. The van der Waals surface area contributed by atoms with Gasteiger partial charge in [0.15, 0.2) is 0 Å². The minimum absolute atomic E-state index is 0.470. The van der Waals surface area contributed by atoms with E-state index in [0.29, 0.717) is 12.6 Å². The Labute approximate surface area is 132 Å². The summed E-state index contributed by atoms with van der Waals surface area (Å²) in [4.78, 5) is 0. The first kappa shape index (κ1) is 15.9. The minimum atomic E-state index is 0.470. The van der Waals surface area contributed by atoms with Crippen LogP contribution in [0.25, 0.3) is 0 Å². The summed E-state index contributed by atoms with van der Waals surface area (Å²) in [5.74, 6) is 0.850. The zero-order valence-electron chi connectivity index (χ0n) is 12.8. The van der Waals surface area contributed by atoms with E-state index in [0.717, 1.165) is 22.9 Å². The molecule has 0 saturated carbocycles. The van der Waals surface area contributed by atoms with Gasteiger partial charge in [0.1, 0.15) is 12.4 Å². The van der Waals surface area contributed by atoms with Gasteiger partial charge in [-0.1, -0.05) is 49.7 Å². The van der Waals surface area contributed by atoms with Crippen LogP contribution in [0.1, 0.15) is 30.5 Å². The van der Waals surface area contributed by atoms with Gasteiger partial charge in [0.05, 0.1) is 0 Å². The van der Waals surface area contributed by atoms with Crippen LogP contribution >= 0.6 is 11.6 Å². The van der Waals surface area contributed by atoms with E-state index in [1.165, 1.54) is 11.1 Å². The standard InChI is InChI=1S/C18H22ClNO/c1-13(2)20-11-15-6-4-5-7-16(15)12-21-17-8-9-18(19)14(3)10-17/h4-10,13,20H,11-12H2,1-3H3. The molecule has 0 radical (unpaired) electrons. The van der Waals surface area contributed by atoms with Crippen LogP contribution in [0.4, 0.5) is 0 Å². The van der Waals surface area contributed by atoms with Gasteiger partial charge < -0.3 is 10.1 Å². The monoisotopic (exact) mass is 303 g/mol. The van der Waals surface area contributed by atoms with Gasteiger partial charge >= 0.3 is 0 Å². The number of halogens is 1. The van der Waals surface area contributed by atoms with Crippen LogP contribution in [-0.2, 0) is 13.2 Å². The van der Waals surface area contributed by atoms with Gasteiger partial charge in [-0.25, -0.2) is 0 Å². The molecule has 2 aromatic rings. The molecule has 112 valence electrons. The zero-order chi connectivity index (χ0) is 15.2. The van der Waals surface area contributed by atoms with Crippen LogP contribution in [0.3, 0.4) is 0 Å². The highest BCUT2D eigenvalue weighted by atomic mass is 35.5. The molecule has 2 rings (SSSR count). The summed E-state index contributed by atoms with van der Waals surface area (Å²) in [5.41, 5.74) is 3.51. The Bertz CT molecular complexity index is 596. The van der Waals surface area contributed by atoms with Crippen LogP contribution in [0.5, 0.6) is 5.75 Å². The number of hydrogen-bond donors (Lipinski definition) is 1. The highest BCUT2D eigenvalue weighted by molar-refractivity contribution is 6.31. The number of aryl methyl sites for hydroxylation is 1. The van der Waals surface area contributed by atoms with E-state index in [9.17, 15) is 0 Å². The van der Waals surface area contributed by atoms with Crippen molar-refractivity contribution in [2.45, 2.75) is 40.0 Å². The Morgan fingerprint density at radius 3 is 2.48 bits per heavy atom. The molecule has 0 aromatic heterocycles. The number of rotatable bonds is 6. The molecule has 0 aliphatic heterocycles. The average molecular weight is 304 g/mol. The van der Waals surface area contributed by atoms with Gasteiger partial charge in [-0.05, 0) is 41.8 Å². The van der Waals surface area contributed by atoms with Crippen molar-refractivity contribution < 1.29 is 4.74 Å². The zero-order valence-corrected chi connectivity index (χ0v) is 13.6. The lowest BCUT2D eigenvalue weighted by Gasteiger charge is -2.14. The Kier molecular flexibility index (Phi) is 5.66. The first-order chi connectivity index (χ1) is 10.1. The predicted molar refractivity (Wildman–Crippen MR) is 88.9 cm³/mol. The second-order valence-corrected chi connectivity index (χ2v) is 5.91. The Morgan fingerprint density at radius 1 is 1.10 bits per heavy atom. The predicted octanol–water partition coefficient (Wildman–Crippen LogP) is 4.73. The second kappa shape index (κ2) is 7.48. The Hall–Kier alpha value is -1.51. The molecule has 0 spiro atoms. The molecule has 0 heterocycles. The lowest BCUT2D eigenvalue weighted by molar-refractivity contribution is 0.304. The molecular weight excluding hydrogens is 282 g/mol. The fourth-order valence-electron chi connectivity index (χ4n) is 2.05. The molecule has 2 aromatic carbocycles. The minimum Gasteiger partial charge on any atom is -0.489 e. The van der Waals surface area contributed by atoms with Gasteiger partial charge in [0.25, 0.3) is 0 Å².